The highest BCUT2D eigenvalue weighted by atomic mass is 32.2. The van der Waals surface area contributed by atoms with Gasteiger partial charge in [-0.3, -0.25) is 9.59 Å². The molecule has 172 valence electrons. The molecule has 5 rings (SSSR count). The predicted molar refractivity (Wildman–Crippen MR) is 133 cm³/mol. The van der Waals surface area contributed by atoms with Crippen LogP contribution in [0.3, 0.4) is 0 Å². The van der Waals surface area contributed by atoms with Crippen LogP contribution in [-0.2, 0) is 23.2 Å². The second-order valence-corrected chi connectivity index (χ2v) is 10.1. The molecule has 3 aromatic rings. The van der Waals surface area contributed by atoms with Crippen LogP contribution >= 0.6 is 11.8 Å². The van der Waals surface area contributed by atoms with E-state index in [0.29, 0.717) is 12.3 Å². The summed E-state index contributed by atoms with van der Waals surface area (Å²) in [6, 6.07) is 17.7. The summed E-state index contributed by atoms with van der Waals surface area (Å²) in [6.45, 7) is 0.454. The molecule has 0 radical (unpaired) electrons. The normalized spacial score (nSPS) is 19.7. The van der Waals surface area contributed by atoms with Crippen molar-refractivity contribution < 1.29 is 9.59 Å². The first kappa shape index (κ1) is 22.1. The van der Waals surface area contributed by atoms with E-state index in [1.54, 1.807) is 11.8 Å². The predicted octanol–water partition coefficient (Wildman–Crippen LogP) is 5.19. The number of aryl methyl sites for hydroxylation is 1. The van der Waals surface area contributed by atoms with Gasteiger partial charge in [-0.2, -0.15) is 0 Å². The van der Waals surface area contributed by atoms with Crippen LogP contribution in [0.4, 0.5) is 0 Å². The van der Waals surface area contributed by atoms with E-state index in [-0.39, 0.29) is 17.9 Å². The van der Waals surface area contributed by atoms with Crippen molar-refractivity contribution in [2.45, 2.75) is 62.2 Å². The number of hydrogen-bond donors (Lipinski definition) is 1. The molecule has 1 saturated carbocycles. The van der Waals surface area contributed by atoms with Crippen LogP contribution < -0.4 is 5.32 Å². The van der Waals surface area contributed by atoms with Crippen LogP contribution in [-0.4, -0.2) is 33.1 Å². The average molecular weight is 462 g/mol. The number of nitrogens with zero attached hydrogens (tertiary/aromatic N) is 2. The summed E-state index contributed by atoms with van der Waals surface area (Å²) in [5, 5.41) is 5.26. The van der Waals surface area contributed by atoms with E-state index in [9.17, 15) is 9.59 Å². The second-order valence-electron chi connectivity index (χ2n) is 9.14. The quantitative estimate of drug-likeness (QED) is 0.544. The lowest BCUT2D eigenvalue weighted by atomic mass is 9.98. The third-order valence-electron chi connectivity index (χ3n) is 7.04. The summed E-state index contributed by atoms with van der Waals surface area (Å²) in [5.74, 6) is 0.361. The van der Waals surface area contributed by atoms with Gasteiger partial charge in [-0.15, -0.1) is 0 Å². The maximum Gasteiger partial charge on any atom is 0.247 e. The molecule has 2 amide bonds. The van der Waals surface area contributed by atoms with Crippen molar-refractivity contribution >= 4 is 34.5 Å². The van der Waals surface area contributed by atoms with Crippen LogP contribution in [0.25, 0.3) is 10.9 Å². The molecule has 0 bridgehead atoms. The van der Waals surface area contributed by atoms with E-state index in [1.165, 1.54) is 12.8 Å². The molecule has 1 aliphatic carbocycles. The summed E-state index contributed by atoms with van der Waals surface area (Å²) in [6.07, 6.45) is 6.58. The van der Waals surface area contributed by atoms with Gasteiger partial charge in [0, 0.05) is 36.1 Å². The minimum Gasteiger partial charge on any atom is -0.350 e. The van der Waals surface area contributed by atoms with Crippen molar-refractivity contribution in [3.8, 4) is 0 Å². The van der Waals surface area contributed by atoms with Gasteiger partial charge in [-0.05, 0) is 24.5 Å². The molecule has 33 heavy (non-hydrogen) atoms. The Labute approximate surface area is 199 Å². The highest BCUT2D eigenvalue weighted by Crippen LogP contribution is 2.43. The van der Waals surface area contributed by atoms with Crippen molar-refractivity contribution in [2.75, 3.05) is 5.75 Å². The molecule has 2 aliphatic rings. The molecule has 6 heteroatoms. The molecule has 1 N–H and O–H groups in total. The molecule has 5 nitrogen and oxygen atoms in total. The van der Waals surface area contributed by atoms with Gasteiger partial charge < -0.3 is 14.8 Å². The largest absolute Gasteiger partial charge is 0.350 e. The fourth-order valence-corrected chi connectivity index (χ4v) is 6.49. The Morgan fingerprint density at radius 1 is 1.00 bits per heavy atom. The summed E-state index contributed by atoms with van der Waals surface area (Å²) in [4.78, 5) is 29.4. The monoisotopic (exact) mass is 461 g/mol. The minimum absolute atomic E-state index is 0.0760. The van der Waals surface area contributed by atoms with E-state index in [4.69, 9.17) is 0 Å². The average Bonchev–Trinajstić information content (AvgIpc) is 3.04. The van der Waals surface area contributed by atoms with Gasteiger partial charge in [0.25, 0.3) is 0 Å². The van der Waals surface area contributed by atoms with Crippen molar-refractivity contribution in [2.24, 2.45) is 7.05 Å². The third-order valence-corrected chi connectivity index (χ3v) is 8.20. The molecular formula is C27H31N3O2S. The van der Waals surface area contributed by atoms with Crippen molar-refractivity contribution in [3.63, 3.8) is 0 Å². The standard InChI is InChI=1S/C27H31N3O2S/c1-29-22-16-10-9-15-21(22)24-25(26(32)28-17-19-11-5-4-6-12-19)30(23(31)18-33-27(24)29)20-13-7-2-3-8-14-20/h4-6,9-12,15-16,20,25H,2-3,7-8,13-14,17-18H2,1H3,(H,28,32)/t25-/m0/s1. The molecule has 1 fully saturated rings. The first-order valence-corrected chi connectivity index (χ1v) is 13.0. The first-order chi connectivity index (χ1) is 16.1. The number of thioether (sulfide) groups is 1. The van der Waals surface area contributed by atoms with Gasteiger partial charge in [0.05, 0.1) is 10.8 Å². The second kappa shape index (κ2) is 9.64. The molecule has 0 unspecified atom stereocenters. The Morgan fingerprint density at radius 2 is 1.70 bits per heavy atom. The van der Waals surface area contributed by atoms with E-state index in [1.807, 2.05) is 54.4 Å². The van der Waals surface area contributed by atoms with Crippen LogP contribution in [0.15, 0.2) is 59.6 Å². The lowest BCUT2D eigenvalue weighted by Crippen LogP contribution is -2.48. The molecule has 0 spiro atoms. The van der Waals surface area contributed by atoms with Gasteiger partial charge in [0.15, 0.2) is 0 Å². The fraction of sp³-hybridized carbons (Fsp3) is 0.407. The summed E-state index contributed by atoms with van der Waals surface area (Å²) < 4.78 is 2.15. The lowest BCUT2D eigenvalue weighted by Gasteiger charge is -2.36. The molecule has 2 heterocycles. The number of amides is 2. The Hall–Kier alpha value is -2.73. The number of hydrogen-bond acceptors (Lipinski definition) is 3. The zero-order chi connectivity index (χ0) is 22.8. The minimum atomic E-state index is -0.611. The number of carbonyl (C=O) groups excluding carboxylic acids is 2. The molecule has 1 aromatic heterocycles. The maximum absolute atomic E-state index is 13.9. The smallest absolute Gasteiger partial charge is 0.247 e. The van der Waals surface area contributed by atoms with Gasteiger partial charge >= 0.3 is 0 Å². The molecule has 1 atom stereocenters. The third kappa shape index (κ3) is 4.29. The van der Waals surface area contributed by atoms with E-state index in [2.05, 4.69) is 22.0 Å². The van der Waals surface area contributed by atoms with Crippen LogP contribution in [0.5, 0.6) is 0 Å². The Morgan fingerprint density at radius 3 is 2.45 bits per heavy atom. The Bertz CT molecular complexity index is 1150. The number of fused-ring (bicyclic) bond motifs is 3. The first-order valence-electron chi connectivity index (χ1n) is 12.0. The van der Waals surface area contributed by atoms with Crippen molar-refractivity contribution in [3.05, 3.63) is 65.7 Å². The zero-order valence-corrected chi connectivity index (χ0v) is 19.9. The molecular weight excluding hydrogens is 430 g/mol. The number of carbonyl (C=O) groups is 2. The van der Waals surface area contributed by atoms with Crippen LogP contribution in [0, 0.1) is 0 Å². The Kier molecular flexibility index (Phi) is 6.45. The summed E-state index contributed by atoms with van der Waals surface area (Å²) in [5.41, 5.74) is 3.14. The topological polar surface area (TPSA) is 54.3 Å². The highest BCUT2D eigenvalue weighted by molar-refractivity contribution is 8.00. The fourth-order valence-electron chi connectivity index (χ4n) is 5.42. The van der Waals surface area contributed by atoms with E-state index < -0.39 is 6.04 Å². The number of nitrogens with one attached hydrogen (secondary N) is 1. The molecule has 2 aromatic carbocycles. The van der Waals surface area contributed by atoms with Crippen molar-refractivity contribution in [1.29, 1.82) is 0 Å². The van der Waals surface area contributed by atoms with E-state index in [0.717, 1.165) is 52.7 Å². The van der Waals surface area contributed by atoms with Crippen molar-refractivity contribution in [1.82, 2.24) is 14.8 Å². The number of para-hydroxylation sites is 1. The van der Waals surface area contributed by atoms with Crippen LogP contribution in [0.2, 0.25) is 0 Å². The van der Waals surface area contributed by atoms with Gasteiger partial charge in [0.1, 0.15) is 6.04 Å². The zero-order valence-electron chi connectivity index (χ0n) is 19.1. The van der Waals surface area contributed by atoms with Crippen LogP contribution in [0.1, 0.15) is 55.7 Å². The summed E-state index contributed by atoms with van der Waals surface area (Å²) >= 11 is 1.57. The maximum atomic E-state index is 13.9. The van der Waals surface area contributed by atoms with E-state index >= 15 is 0 Å². The number of rotatable bonds is 4. The number of aromatic nitrogens is 1. The SMILES string of the molecule is Cn1c2c(c3ccccc31)[C@@H](C(=O)NCc1ccccc1)N(C1CCCCCC1)C(=O)CS2. The van der Waals surface area contributed by atoms with Gasteiger partial charge in [-0.1, -0.05) is 86.0 Å². The molecule has 0 saturated heterocycles. The number of benzene rings is 2. The summed E-state index contributed by atoms with van der Waals surface area (Å²) in [7, 11) is 2.04. The van der Waals surface area contributed by atoms with Gasteiger partial charge in [-0.25, -0.2) is 0 Å². The highest BCUT2D eigenvalue weighted by Gasteiger charge is 2.41. The molecule has 1 aliphatic heterocycles. The van der Waals surface area contributed by atoms with Gasteiger partial charge in [0.2, 0.25) is 11.8 Å². The lowest BCUT2D eigenvalue weighted by molar-refractivity contribution is -0.142. The Balaban J connectivity index is 1.59.